The highest BCUT2D eigenvalue weighted by Gasteiger charge is 2.07. The van der Waals surface area contributed by atoms with Gasteiger partial charge in [-0.15, -0.1) is 0 Å². The van der Waals surface area contributed by atoms with Gasteiger partial charge in [0.25, 0.3) is 0 Å². The molecule has 0 fully saturated rings. The van der Waals surface area contributed by atoms with E-state index in [2.05, 4.69) is 4.98 Å². The Kier molecular flexibility index (Phi) is 4.20. The number of anilines is 1. The molecule has 0 bridgehead atoms. The van der Waals surface area contributed by atoms with Crippen LogP contribution in [0.1, 0.15) is 11.5 Å². The summed E-state index contributed by atoms with van der Waals surface area (Å²) in [5, 5.41) is 0.360. The van der Waals surface area contributed by atoms with Crippen LogP contribution in [-0.4, -0.2) is 19.2 Å². The largest absolute Gasteiger partial charge is 0.493 e. The van der Waals surface area contributed by atoms with E-state index in [0.29, 0.717) is 28.1 Å². The summed E-state index contributed by atoms with van der Waals surface area (Å²) in [6.07, 6.45) is 3.37. The Balaban J connectivity index is 1.99. The summed E-state index contributed by atoms with van der Waals surface area (Å²) in [7, 11) is 3.14. The van der Waals surface area contributed by atoms with Crippen LogP contribution in [0, 0.1) is 0 Å². The van der Waals surface area contributed by atoms with Crippen LogP contribution in [0.15, 0.2) is 45.6 Å². The average molecular weight is 324 g/mol. The number of nitrogens with zero attached hydrogens (tertiary/aromatic N) is 1. The van der Waals surface area contributed by atoms with Gasteiger partial charge in [0.15, 0.2) is 11.5 Å². The number of methoxy groups -OCH3 is 2. The Morgan fingerprint density at radius 1 is 1.08 bits per heavy atom. The first-order valence-corrected chi connectivity index (χ1v) is 7.22. The maximum Gasteiger partial charge on any atom is 0.347 e. The molecule has 1 aromatic heterocycles. The van der Waals surface area contributed by atoms with Gasteiger partial charge in [0.1, 0.15) is 5.52 Å². The van der Waals surface area contributed by atoms with Gasteiger partial charge in [0, 0.05) is 6.08 Å². The van der Waals surface area contributed by atoms with E-state index in [0.717, 1.165) is 5.56 Å². The number of nitrogen functional groups attached to an aromatic ring is 1. The van der Waals surface area contributed by atoms with E-state index in [1.165, 1.54) is 0 Å². The van der Waals surface area contributed by atoms with Crippen molar-refractivity contribution < 1.29 is 13.9 Å². The van der Waals surface area contributed by atoms with Gasteiger partial charge < -0.3 is 19.6 Å². The van der Waals surface area contributed by atoms with Crippen LogP contribution in [0.4, 0.5) is 5.69 Å². The number of fused-ring (bicyclic) bond motifs is 1. The fourth-order valence-corrected chi connectivity index (χ4v) is 2.33. The van der Waals surface area contributed by atoms with E-state index in [1.807, 2.05) is 12.1 Å². The lowest BCUT2D eigenvalue weighted by molar-refractivity contribution is 0.355. The zero-order chi connectivity index (χ0) is 17.1. The molecule has 0 aliphatic carbocycles. The zero-order valence-electron chi connectivity index (χ0n) is 13.3. The van der Waals surface area contributed by atoms with Gasteiger partial charge in [0.2, 0.25) is 5.89 Å². The molecule has 0 radical (unpaired) electrons. The fraction of sp³-hybridized carbons (Fsp3) is 0.111. The van der Waals surface area contributed by atoms with Crippen molar-refractivity contribution in [3.05, 3.63) is 58.3 Å². The molecule has 0 saturated carbocycles. The third-order valence-electron chi connectivity index (χ3n) is 3.53. The summed E-state index contributed by atoms with van der Waals surface area (Å²) in [5.41, 5.74) is 7.11. The van der Waals surface area contributed by atoms with Crippen molar-refractivity contribution in [1.82, 2.24) is 4.98 Å². The van der Waals surface area contributed by atoms with E-state index in [1.54, 1.807) is 50.6 Å². The monoisotopic (exact) mass is 324 g/mol. The Morgan fingerprint density at radius 2 is 1.88 bits per heavy atom. The van der Waals surface area contributed by atoms with Crippen molar-refractivity contribution in [2.24, 2.45) is 0 Å². The van der Waals surface area contributed by atoms with Crippen molar-refractivity contribution in [2.45, 2.75) is 0 Å². The second kappa shape index (κ2) is 6.45. The van der Waals surface area contributed by atoms with Gasteiger partial charge in [-0.2, -0.15) is 0 Å². The molecule has 0 saturated heterocycles. The van der Waals surface area contributed by atoms with Crippen LogP contribution < -0.4 is 20.8 Å². The highest BCUT2D eigenvalue weighted by atomic mass is 16.5. The first-order valence-electron chi connectivity index (χ1n) is 7.22. The molecule has 0 spiro atoms. The molecule has 2 aromatic carbocycles. The van der Waals surface area contributed by atoms with Crippen molar-refractivity contribution >= 4 is 28.7 Å². The minimum atomic E-state index is -0.473. The third kappa shape index (κ3) is 2.94. The van der Waals surface area contributed by atoms with Crippen LogP contribution in [0.3, 0.4) is 0 Å². The molecule has 6 heteroatoms. The van der Waals surface area contributed by atoms with Gasteiger partial charge in [-0.3, -0.25) is 0 Å². The molecule has 3 aromatic rings. The Morgan fingerprint density at radius 3 is 2.62 bits per heavy atom. The van der Waals surface area contributed by atoms with Gasteiger partial charge in [0.05, 0.1) is 25.3 Å². The molecule has 1 heterocycles. The number of benzene rings is 2. The van der Waals surface area contributed by atoms with Crippen molar-refractivity contribution in [1.29, 1.82) is 0 Å². The molecule has 0 amide bonds. The molecular formula is C18H16N2O4. The van der Waals surface area contributed by atoms with Gasteiger partial charge >= 0.3 is 5.63 Å². The Hall–Kier alpha value is -3.28. The first-order chi connectivity index (χ1) is 11.6. The predicted octanol–water partition coefficient (Wildman–Crippen LogP) is 2.96. The molecule has 0 aliphatic heterocycles. The Bertz CT molecular complexity index is 976. The summed E-state index contributed by atoms with van der Waals surface area (Å²) in [6, 6.07) is 10.5. The fourth-order valence-electron chi connectivity index (χ4n) is 2.33. The predicted molar refractivity (Wildman–Crippen MR) is 93.2 cm³/mol. The smallest absolute Gasteiger partial charge is 0.347 e. The minimum absolute atomic E-state index is 0.181. The first kappa shape index (κ1) is 15.6. The SMILES string of the molecule is COc1ccc(/C=C/c2nc3c(N)cccc3c(=O)o2)cc1OC. The van der Waals surface area contributed by atoms with E-state index < -0.39 is 5.63 Å². The van der Waals surface area contributed by atoms with Crippen LogP contribution in [-0.2, 0) is 0 Å². The number of ether oxygens (including phenoxy) is 2. The summed E-state index contributed by atoms with van der Waals surface area (Å²) in [6.45, 7) is 0. The van der Waals surface area contributed by atoms with E-state index in [9.17, 15) is 4.79 Å². The van der Waals surface area contributed by atoms with Crippen LogP contribution >= 0.6 is 0 Å². The summed E-state index contributed by atoms with van der Waals surface area (Å²) < 4.78 is 15.7. The number of para-hydroxylation sites is 1. The number of hydrogen-bond donors (Lipinski definition) is 1. The number of hydrogen-bond acceptors (Lipinski definition) is 6. The van der Waals surface area contributed by atoms with E-state index in [4.69, 9.17) is 19.6 Å². The second-order valence-electron chi connectivity index (χ2n) is 5.03. The van der Waals surface area contributed by atoms with Crippen LogP contribution in [0.2, 0.25) is 0 Å². The molecular weight excluding hydrogens is 308 g/mol. The summed E-state index contributed by atoms with van der Waals surface area (Å²) >= 11 is 0. The topological polar surface area (TPSA) is 87.6 Å². The molecule has 0 unspecified atom stereocenters. The number of nitrogens with two attached hydrogens (primary N) is 1. The van der Waals surface area contributed by atoms with Gasteiger partial charge in [-0.1, -0.05) is 12.1 Å². The quantitative estimate of drug-likeness (QED) is 0.742. The van der Waals surface area contributed by atoms with Crippen molar-refractivity contribution in [2.75, 3.05) is 20.0 Å². The van der Waals surface area contributed by atoms with Crippen molar-refractivity contribution in [3.63, 3.8) is 0 Å². The normalized spacial score (nSPS) is 11.1. The zero-order valence-corrected chi connectivity index (χ0v) is 13.3. The molecule has 3 rings (SSSR count). The second-order valence-corrected chi connectivity index (χ2v) is 5.03. The molecule has 0 atom stereocenters. The lowest BCUT2D eigenvalue weighted by atomic mass is 10.2. The Labute approximate surface area is 138 Å². The number of aromatic nitrogens is 1. The summed E-state index contributed by atoms with van der Waals surface area (Å²) in [4.78, 5) is 16.3. The lowest BCUT2D eigenvalue weighted by Gasteiger charge is -2.07. The number of rotatable bonds is 4. The maximum absolute atomic E-state index is 12.0. The highest BCUT2D eigenvalue weighted by Crippen LogP contribution is 2.28. The van der Waals surface area contributed by atoms with Crippen molar-refractivity contribution in [3.8, 4) is 11.5 Å². The molecule has 6 nitrogen and oxygen atoms in total. The molecule has 122 valence electrons. The third-order valence-corrected chi connectivity index (χ3v) is 3.53. The lowest BCUT2D eigenvalue weighted by Crippen LogP contribution is -2.04. The van der Waals surface area contributed by atoms with E-state index >= 15 is 0 Å². The maximum atomic E-state index is 12.0. The van der Waals surface area contributed by atoms with Crippen LogP contribution in [0.5, 0.6) is 11.5 Å². The summed E-state index contributed by atoms with van der Waals surface area (Å²) in [5.74, 6) is 1.43. The standard InChI is InChI=1S/C18H16N2O4/c1-22-14-8-6-11(10-15(14)23-2)7-9-16-20-17-12(18(21)24-16)4-3-5-13(17)19/h3-10H,19H2,1-2H3/b9-7+. The molecule has 2 N–H and O–H groups in total. The van der Waals surface area contributed by atoms with Gasteiger partial charge in [-0.05, 0) is 35.9 Å². The molecule has 0 aliphatic rings. The van der Waals surface area contributed by atoms with Gasteiger partial charge in [-0.25, -0.2) is 9.78 Å². The highest BCUT2D eigenvalue weighted by molar-refractivity contribution is 5.88. The van der Waals surface area contributed by atoms with Crippen LogP contribution in [0.25, 0.3) is 23.1 Å². The van der Waals surface area contributed by atoms with E-state index in [-0.39, 0.29) is 5.89 Å². The molecule has 24 heavy (non-hydrogen) atoms. The minimum Gasteiger partial charge on any atom is -0.493 e. The average Bonchev–Trinajstić information content (AvgIpc) is 2.60.